The molecule has 0 aliphatic carbocycles. The van der Waals surface area contributed by atoms with Crippen molar-refractivity contribution in [2.45, 2.75) is 20.0 Å². The van der Waals surface area contributed by atoms with Crippen molar-refractivity contribution in [2.24, 2.45) is 0 Å². The number of nitrogens with zero attached hydrogens (tertiary/aromatic N) is 2. The summed E-state index contributed by atoms with van der Waals surface area (Å²) in [7, 11) is 1.61. The van der Waals surface area contributed by atoms with Crippen molar-refractivity contribution in [3.05, 3.63) is 52.3 Å². The van der Waals surface area contributed by atoms with Crippen molar-refractivity contribution in [3.63, 3.8) is 0 Å². The zero-order valence-corrected chi connectivity index (χ0v) is 14.2. The second kappa shape index (κ2) is 7.15. The van der Waals surface area contributed by atoms with Gasteiger partial charge in [-0.15, -0.1) is 0 Å². The molecule has 2 N–H and O–H groups in total. The Morgan fingerprint density at radius 1 is 1.29 bits per heavy atom. The molecular weight excluding hydrogens is 331 g/mol. The Hall–Kier alpha value is -2.18. The minimum absolute atomic E-state index is 0.131. The van der Waals surface area contributed by atoms with E-state index in [1.54, 1.807) is 13.2 Å². The maximum absolute atomic E-state index is 13.5. The number of aromatic nitrogens is 3. The number of methoxy groups -OCH3 is 1. The quantitative estimate of drug-likeness (QED) is 0.710. The van der Waals surface area contributed by atoms with Gasteiger partial charge in [0.05, 0.1) is 5.02 Å². The van der Waals surface area contributed by atoms with Crippen molar-refractivity contribution in [2.75, 3.05) is 19.0 Å². The Labute approximate surface area is 144 Å². The van der Waals surface area contributed by atoms with Gasteiger partial charge in [0.15, 0.2) is 5.82 Å². The summed E-state index contributed by atoms with van der Waals surface area (Å²) in [5, 5.41) is 4.35. The van der Waals surface area contributed by atoms with Crippen LogP contribution in [0.2, 0.25) is 5.02 Å². The van der Waals surface area contributed by atoms with Gasteiger partial charge >= 0.3 is 0 Å². The second-order valence-corrected chi connectivity index (χ2v) is 5.95. The number of halogens is 2. The molecule has 0 atom stereocenters. The van der Waals surface area contributed by atoms with E-state index in [1.807, 2.05) is 19.2 Å². The number of anilines is 1. The minimum atomic E-state index is -0.419. The monoisotopic (exact) mass is 348 g/mol. The summed E-state index contributed by atoms with van der Waals surface area (Å²) >= 11 is 5.88. The number of fused-ring (bicyclic) bond motifs is 1. The third-order valence-electron chi connectivity index (χ3n) is 3.68. The number of aryl methyl sites for hydroxylation is 1. The molecule has 0 unspecified atom stereocenters. The maximum Gasteiger partial charge on any atom is 0.156 e. The van der Waals surface area contributed by atoms with Crippen LogP contribution in [0.1, 0.15) is 17.1 Å². The molecule has 0 amide bonds. The fraction of sp³-hybridized carbons (Fsp3) is 0.294. The molecule has 0 spiro atoms. The standard InChI is InChI=1S/C17H18ClFN4O/c1-10-5-16(23-17(22-10)9-24-2)20-4-3-11-8-21-15-7-14(19)13(18)6-12(11)15/h5-8,21H,3-4,9H2,1-2H3,(H,20,22,23). The van der Waals surface area contributed by atoms with Gasteiger partial charge in [-0.05, 0) is 31.0 Å². The van der Waals surface area contributed by atoms with E-state index in [9.17, 15) is 4.39 Å². The lowest BCUT2D eigenvalue weighted by Gasteiger charge is -2.08. The number of hydrogen-bond donors (Lipinski definition) is 2. The average Bonchev–Trinajstić information content (AvgIpc) is 2.90. The third-order valence-corrected chi connectivity index (χ3v) is 3.97. The Balaban J connectivity index is 1.70. The molecule has 24 heavy (non-hydrogen) atoms. The van der Waals surface area contributed by atoms with Crippen LogP contribution >= 0.6 is 11.6 Å². The van der Waals surface area contributed by atoms with Crippen LogP contribution < -0.4 is 5.32 Å². The zero-order valence-electron chi connectivity index (χ0n) is 13.5. The summed E-state index contributed by atoms with van der Waals surface area (Å²) < 4.78 is 18.6. The van der Waals surface area contributed by atoms with E-state index in [0.717, 1.165) is 34.4 Å². The average molecular weight is 349 g/mol. The smallest absolute Gasteiger partial charge is 0.156 e. The first-order chi connectivity index (χ1) is 11.6. The maximum atomic E-state index is 13.5. The van der Waals surface area contributed by atoms with Gasteiger partial charge in [0.2, 0.25) is 0 Å². The van der Waals surface area contributed by atoms with Gasteiger partial charge in [0, 0.05) is 42.5 Å². The van der Waals surface area contributed by atoms with Gasteiger partial charge in [-0.3, -0.25) is 0 Å². The summed E-state index contributed by atoms with van der Waals surface area (Å²) in [5.74, 6) is 0.991. The summed E-state index contributed by atoms with van der Waals surface area (Å²) in [5.41, 5.74) is 2.70. The van der Waals surface area contributed by atoms with E-state index in [4.69, 9.17) is 16.3 Å². The Bertz CT molecular complexity index is 865. The van der Waals surface area contributed by atoms with Crippen LogP contribution in [0, 0.1) is 12.7 Å². The number of aromatic amines is 1. The first-order valence-electron chi connectivity index (χ1n) is 7.59. The van der Waals surface area contributed by atoms with Gasteiger partial charge in [0.25, 0.3) is 0 Å². The van der Waals surface area contributed by atoms with E-state index in [2.05, 4.69) is 20.3 Å². The summed E-state index contributed by atoms with van der Waals surface area (Å²) in [6.07, 6.45) is 2.63. The molecular formula is C17H18ClFN4O. The van der Waals surface area contributed by atoms with Gasteiger partial charge in [-0.2, -0.15) is 0 Å². The van der Waals surface area contributed by atoms with Gasteiger partial charge < -0.3 is 15.0 Å². The summed E-state index contributed by atoms with van der Waals surface area (Å²) in [4.78, 5) is 11.8. The fourth-order valence-electron chi connectivity index (χ4n) is 2.62. The van der Waals surface area contributed by atoms with Crippen LogP contribution in [0.5, 0.6) is 0 Å². The molecule has 0 saturated carbocycles. The van der Waals surface area contributed by atoms with E-state index in [1.165, 1.54) is 6.07 Å². The Kier molecular flexibility index (Phi) is 4.97. The molecule has 3 aromatic rings. The number of H-pyrrole nitrogens is 1. The van der Waals surface area contributed by atoms with Crippen LogP contribution in [0.4, 0.5) is 10.2 Å². The fourth-order valence-corrected chi connectivity index (χ4v) is 2.78. The molecule has 3 rings (SSSR count). The molecule has 0 aliphatic rings. The molecule has 126 valence electrons. The van der Waals surface area contributed by atoms with Gasteiger partial charge in [0.1, 0.15) is 18.2 Å². The van der Waals surface area contributed by atoms with Crippen LogP contribution in [0.25, 0.3) is 10.9 Å². The zero-order chi connectivity index (χ0) is 17.1. The first-order valence-corrected chi connectivity index (χ1v) is 7.97. The normalized spacial score (nSPS) is 11.2. The first kappa shape index (κ1) is 16.7. The number of nitrogens with one attached hydrogen (secondary N) is 2. The SMILES string of the molecule is COCc1nc(C)cc(NCCc2c[nH]c3cc(F)c(Cl)cc23)n1. The van der Waals surface area contributed by atoms with E-state index in [-0.39, 0.29) is 5.02 Å². The third kappa shape index (κ3) is 3.66. The van der Waals surface area contributed by atoms with E-state index < -0.39 is 5.82 Å². The van der Waals surface area contributed by atoms with Crippen LogP contribution in [-0.2, 0) is 17.8 Å². The Morgan fingerprint density at radius 3 is 2.92 bits per heavy atom. The second-order valence-electron chi connectivity index (χ2n) is 5.55. The van der Waals surface area contributed by atoms with Crippen molar-refractivity contribution in [3.8, 4) is 0 Å². The predicted octanol–water partition coefficient (Wildman–Crippen LogP) is 3.86. The predicted molar refractivity (Wildman–Crippen MR) is 92.9 cm³/mol. The van der Waals surface area contributed by atoms with Crippen LogP contribution in [-0.4, -0.2) is 28.6 Å². The molecule has 1 aromatic carbocycles. The summed E-state index contributed by atoms with van der Waals surface area (Å²) in [6, 6.07) is 4.96. The molecule has 0 saturated heterocycles. The molecule has 5 nitrogen and oxygen atoms in total. The lowest BCUT2D eigenvalue weighted by molar-refractivity contribution is 0.177. The number of rotatable bonds is 6. The molecule has 0 aliphatic heterocycles. The number of ether oxygens (including phenoxy) is 1. The van der Waals surface area contributed by atoms with Crippen molar-refractivity contribution in [1.82, 2.24) is 15.0 Å². The van der Waals surface area contributed by atoms with Crippen molar-refractivity contribution in [1.29, 1.82) is 0 Å². The minimum Gasteiger partial charge on any atom is -0.377 e. The molecule has 7 heteroatoms. The molecule has 2 heterocycles. The highest BCUT2D eigenvalue weighted by Crippen LogP contribution is 2.25. The van der Waals surface area contributed by atoms with Gasteiger partial charge in [-0.25, -0.2) is 14.4 Å². The largest absolute Gasteiger partial charge is 0.377 e. The molecule has 0 bridgehead atoms. The summed E-state index contributed by atoms with van der Waals surface area (Å²) in [6.45, 7) is 2.98. The highest BCUT2D eigenvalue weighted by Gasteiger charge is 2.08. The van der Waals surface area contributed by atoms with Crippen LogP contribution in [0.15, 0.2) is 24.4 Å². The molecule has 0 radical (unpaired) electrons. The number of benzene rings is 1. The molecule has 0 fully saturated rings. The van der Waals surface area contributed by atoms with Crippen LogP contribution in [0.3, 0.4) is 0 Å². The highest BCUT2D eigenvalue weighted by atomic mass is 35.5. The van der Waals surface area contributed by atoms with Gasteiger partial charge in [-0.1, -0.05) is 11.6 Å². The lowest BCUT2D eigenvalue weighted by Crippen LogP contribution is -2.09. The van der Waals surface area contributed by atoms with Crippen molar-refractivity contribution < 1.29 is 9.13 Å². The van der Waals surface area contributed by atoms with Crippen molar-refractivity contribution >= 4 is 28.3 Å². The molecule has 2 aromatic heterocycles. The highest BCUT2D eigenvalue weighted by molar-refractivity contribution is 6.31. The van der Waals surface area contributed by atoms with E-state index in [0.29, 0.717) is 19.0 Å². The topological polar surface area (TPSA) is 62.8 Å². The van der Waals surface area contributed by atoms with E-state index >= 15 is 0 Å². The Morgan fingerprint density at radius 2 is 2.12 bits per heavy atom. The number of hydrogen-bond acceptors (Lipinski definition) is 4. The lowest BCUT2D eigenvalue weighted by atomic mass is 10.1.